The van der Waals surface area contributed by atoms with Crippen molar-refractivity contribution in [3.63, 3.8) is 0 Å². The number of aromatic nitrogens is 1. The summed E-state index contributed by atoms with van der Waals surface area (Å²) in [5.74, 6) is -1.21. The Labute approximate surface area is 149 Å². The van der Waals surface area contributed by atoms with E-state index in [2.05, 4.69) is 5.16 Å². The average molecular weight is 366 g/mol. The fourth-order valence-corrected chi connectivity index (χ4v) is 3.01. The van der Waals surface area contributed by atoms with E-state index < -0.39 is 11.6 Å². The van der Waals surface area contributed by atoms with Crippen molar-refractivity contribution in [2.45, 2.75) is 19.4 Å². The third-order valence-electron chi connectivity index (χ3n) is 4.25. The monoisotopic (exact) mass is 366 g/mol. The molecule has 6 nitrogen and oxygen atoms in total. The van der Waals surface area contributed by atoms with Crippen molar-refractivity contribution in [3.8, 4) is 5.75 Å². The molecule has 8 heteroatoms. The molecule has 0 radical (unpaired) electrons. The Morgan fingerprint density at radius 2 is 2.23 bits per heavy atom. The lowest BCUT2D eigenvalue weighted by atomic mass is 9.99. The molecule has 0 N–H and O–H groups in total. The van der Waals surface area contributed by atoms with Crippen LogP contribution in [0.25, 0.3) is 0 Å². The lowest BCUT2D eigenvalue weighted by Gasteiger charge is -2.31. The van der Waals surface area contributed by atoms with E-state index in [1.54, 1.807) is 12.0 Å². The number of halogens is 2. The first-order valence-corrected chi connectivity index (χ1v) is 8.38. The van der Waals surface area contributed by atoms with E-state index in [-0.39, 0.29) is 29.7 Å². The second-order valence-electron chi connectivity index (χ2n) is 6.26. The van der Waals surface area contributed by atoms with Gasteiger partial charge >= 0.3 is 0 Å². The predicted octanol–water partition coefficient (Wildman–Crippen LogP) is 3.03. The maximum absolute atomic E-state index is 13.5. The van der Waals surface area contributed by atoms with Crippen molar-refractivity contribution in [3.05, 3.63) is 47.4 Å². The minimum Gasteiger partial charge on any atom is -0.482 e. The topological polar surface area (TPSA) is 64.8 Å². The zero-order valence-corrected chi connectivity index (χ0v) is 14.4. The van der Waals surface area contributed by atoms with Gasteiger partial charge in [0.25, 0.3) is 5.91 Å². The molecule has 1 fully saturated rings. The Bertz CT molecular complexity index is 763. The standard InChI is InChI=1S/C18H20F2N2O4/c1-24-10-12-3-2-6-22(9-12)18(23)16-8-14(26-21-16)11-25-17-5-4-13(19)7-15(17)20/h4-5,7-8,12H,2-3,6,9-11H2,1H3/t12-/m1/s1. The molecule has 0 unspecified atom stereocenters. The van der Waals surface area contributed by atoms with Crippen molar-refractivity contribution in [1.82, 2.24) is 10.1 Å². The number of piperidine rings is 1. The van der Waals surface area contributed by atoms with Gasteiger partial charge in [-0.15, -0.1) is 0 Å². The molecule has 2 heterocycles. The summed E-state index contributed by atoms with van der Waals surface area (Å²) in [6.07, 6.45) is 1.94. The zero-order chi connectivity index (χ0) is 18.5. The largest absolute Gasteiger partial charge is 0.482 e. The van der Waals surface area contributed by atoms with E-state index in [1.807, 2.05) is 0 Å². The highest BCUT2D eigenvalue weighted by Gasteiger charge is 2.26. The van der Waals surface area contributed by atoms with Crippen LogP contribution < -0.4 is 4.74 Å². The summed E-state index contributed by atoms with van der Waals surface area (Å²) in [5, 5.41) is 3.78. The fraction of sp³-hybridized carbons (Fsp3) is 0.444. The predicted molar refractivity (Wildman–Crippen MR) is 87.7 cm³/mol. The third-order valence-corrected chi connectivity index (χ3v) is 4.25. The molecule has 2 aromatic rings. The molecule has 1 amide bonds. The van der Waals surface area contributed by atoms with Crippen LogP contribution in [-0.4, -0.2) is 42.8 Å². The molecule has 1 aromatic heterocycles. The van der Waals surface area contributed by atoms with Gasteiger partial charge in [-0.2, -0.15) is 0 Å². The van der Waals surface area contributed by atoms with Crippen LogP contribution in [0, 0.1) is 17.6 Å². The number of likely N-dealkylation sites (tertiary alicyclic amines) is 1. The number of amides is 1. The van der Waals surface area contributed by atoms with E-state index in [9.17, 15) is 13.6 Å². The summed E-state index contributed by atoms with van der Waals surface area (Å²) in [4.78, 5) is 14.3. The number of carbonyl (C=O) groups excluding carboxylic acids is 1. The number of rotatable bonds is 6. The van der Waals surface area contributed by atoms with Crippen molar-refractivity contribution in [2.24, 2.45) is 5.92 Å². The van der Waals surface area contributed by atoms with Gasteiger partial charge in [-0.25, -0.2) is 8.78 Å². The van der Waals surface area contributed by atoms with Crippen molar-refractivity contribution in [1.29, 1.82) is 0 Å². The van der Waals surface area contributed by atoms with Crippen LogP contribution in [-0.2, 0) is 11.3 Å². The normalized spacial score (nSPS) is 17.3. The first kappa shape index (κ1) is 18.3. The number of hydrogen-bond donors (Lipinski definition) is 0. The number of methoxy groups -OCH3 is 1. The Hall–Kier alpha value is -2.48. The van der Waals surface area contributed by atoms with Crippen molar-refractivity contribution >= 4 is 5.91 Å². The van der Waals surface area contributed by atoms with Crippen molar-refractivity contribution < 1.29 is 27.6 Å². The minimum absolute atomic E-state index is 0.103. The maximum Gasteiger partial charge on any atom is 0.276 e. The van der Waals surface area contributed by atoms with E-state index in [0.29, 0.717) is 25.6 Å². The summed E-state index contributed by atoms with van der Waals surface area (Å²) in [7, 11) is 1.65. The number of ether oxygens (including phenoxy) is 2. The molecule has 140 valence electrons. The van der Waals surface area contributed by atoms with E-state index >= 15 is 0 Å². The minimum atomic E-state index is -0.807. The lowest BCUT2D eigenvalue weighted by molar-refractivity contribution is 0.0561. The van der Waals surface area contributed by atoms with Crippen LogP contribution in [0.4, 0.5) is 8.78 Å². The van der Waals surface area contributed by atoms with Crippen LogP contribution in [0.15, 0.2) is 28.8 Å². The van der Waals surface area contributed by atoms with Gasteiger partial charge in [0.1, 0.15) is 12.4 Å². The van der Waals surface area contributed by atoms with Gasteiger partial charge in [-0.3, -0.25) is 4.79 Å². The van der Waals surface area contributed by atoms with Gasteiger partial charge in [0.05, 0.1) is 6.61 Å². The summed E-state index contributed by atoms with van der Waals surface area (Å²) >= 11 is 0. The second kappa shape index (κ2) is 8.27. The van der Waals surface area contributed by atoms with Crippen molar-refractivity contribution in [2.75, 3.05) is 26.8 Å². The van der Waals surface area contributed by atoms with Crippen LogP contribution in [0.2, 0.25) is 0 Å². The SMILES string of the molecule is COC[C@@H]1CCCN(C(=O)c2cc(COc3ccc(F)cc3F)on2)C1. The highest BCUT2D eigenvalue weighted by atomic mass is 19.1. The summed E-state index contributed by atoms with van der Waals surface area (Å²) in [5.41, 5.74) is 0.182. The molecule has 1 atom stereocenters. The first-order valence-electron chi connectivity index (χ1n) is 8.38. The molecule has 0 saturated carbocycles. The molecule has 3 rings (SSSR count). The average Bonchev–Trinajstić information content (AvgIpc) is 3.10. The van der Waals surface area contributed by atoms with E-state index in [0.717, 1.165) is 25.0 Å². The van der Waals surface area contributed by atoms with Gasteiger partial charge in [0.2, 0.25) is 0 Å². The zero-order valence-electron chi connectivity index (χ0n) is 14.4. The van der Waals surface area contributed by atoms with Crippen LogP contribution in [0.5, 0.6) is 5.75 Å². The second-order valence-corrected chi connectivity index (χ2v) is 6.26. The Kier molecular flexibility index (Phi) is 5.82. The molecule has 0 aliphatic carbocycles. The number of benzene rings is 1. The molecule has 0 bridgehead atoms. The Balaban J connectivity index is 1.59. The van der Waals surface area contributed by atoms with Gasteiger partial charge in [0, 0.05) is 32.3 Å². The van der Waals surface area contributed by atoms with Gasteiger partial charge in [-0.05, 0) is 30.9 Å². The molecule has 1 aromatic carbocycles. The number of nitrogens with zero attached hydrogens (tertiary/aromatic N) is 2. The number of hydrogen-bond acceptors (Lipinski definition) is 5. The Morgan fingerprint density at radius 1 is 1.38 bits per heavy atom. The summed E-state index contributed by atoms with van der Waals surface area (Å²) < 4.78 is 41.9. The highest BCUT2D eigenvalue weighted by molar-refractivity contribution is 5.92. The lowest BCUT2D eigenvalue weighted by Crippen LogP contribution is -2.41. The van der Waals surface area contributed by atoms with E-state index in [4.69, 9.17) is 14.0 Å². The molecule has 26 heavy (non-hydrogen) atoms. The smallest absolute Gasteiger partial charge is 0.276 e. The van der Waals surface area contributed by atoms with Crippen LogP contribution >= 0.6 is 0 Å². The van der Waals surface area contributed by atoms with Crippen LogP contribution in [0.1, 0.15) is 29.1 Å². The number of carbonyl (C=O) groups is 1. The fourth-order valence-electron chi connectivity index (χ4n) is 3.01. The molecule has 1 saturated heterocycles. The van der Waals surface area contributed by atoms with Crippen LogP contribution in [0.3, 0.4) is 0 Å². The molecular weight excluding hydrogens is 346 g/mol. The third kappa shape index (κ3) is 4.37. The quantitative estimate of drug-likeness (QED) is 0.786. The van der Waals surface area contributed by atoms with E-state index in [1.165, 1.54) is 12.1 Å². The molecule has 1 aliphatic rings. The summed E-state index contributed by atoms with van der Waals surface area (Å²) in [6, 6.07) is 4.50. The Morgan fingerprint density at radius 3 is 3.00 bits per heavy atom. The van der Waals surface area contributed by atoms with Gasteiger partial charge < -0.3 is 18.9 Å². The molecule has 1 aliphatic heterocycles. The first-order chi connectivity index (χ1) is 12.6. The molecule has 0 spiro atoms. The summed E-state index contributed by atoms with van der Waals surface area (Å²) in [6.45, 7) is 1.78. The maximum atomic E-state index is 13.5. The van der Waals surface area contributed by atoms with Gasteiger partial charge in [-0.1, -0.05) is 5.16 Å². The molecular formula is C18H20F2N2O4. The highest BCUT2D eigenvalue weighted by Crippen LogP contribution is 2.21. The van der Waals surface area contributed by atoms with Gasteiger partial charge in [0.15, 0.2) is 23.0 Å².